The number of furan rings is 1. The van der Waals surface area contributed by atoms with Crippen LogP contribution in [0.5, 0.6) is 0 Å². The van der Waals surface area contributed by atoms with E-state index in [1.54, 1.807) is 0 Å². The van der Waals surface area contributed by atoms with E-state index in [4.69, 9.17) is 9.40 Å². The Morgan fingerprint density at radius 3 is 1.73 bits per heavy atom. The topological polar surface area (TPSA) is 31.0 Å². The lowest BCUT2D eigenvalue weighted by atomic mass is 9.99. The van der Waals surface area contributed by atoms with Crippen molar-refractivity contribution in [3.63, 3.8) is 0 Å². The van der Waals surface area contributed by atoms with E-state index in [9.17, 15) is 0 Å². The molecule has 3 aromatic heterocycles. The summed E-state index contributed by atoms with van der Waals surface area (Å²) >= 11 is 0. The minimum atomic E-state index is 0.853. The number of benzene rings is 6. The molecule has 9 aromatic rings. The second-order valence-electron chi connectivity index (χ2n) is 11.2. The Balaban J connectivity index is 1.31. The Bertz CT molecular complexity index is 2430. The van der Waals surface area contributed by atoms with Gasteiger partial charge in [-0.2, -0.15) is 0 Å². The van der Waals surface area contributed by atoms with Gasteiger partial charge in [-0.05, 0) is 58.7 Å². The summed E-state index contributed by atoms with van der Waals surface area (Å²) in [5.74, 6) is 0.871. The van der Waals surface area contributed by atoms with Crippen molar-refractivity contribution in [3.8, 4) is 39.3 Å². The Labute approximate surface area is 254 Å². The van der Waals surface area contributed by atoms with Crippen molar-refractivity contribution >= 4 is 43.7 Å². The summed E-state index contributed by atoms with van der Waals surface area (Å²) in [7, 11) is 0. The monoisotopic (exact) mass is 562 g/mol. The Kier molecular flexibility index (Phi) is 5.50. The van der Waals surface area contributed by atoms with Gasteiger partial charge in [0.1, 0.15) is 17.0 Å². The van der Waals surface area contributed by atoms with Gasteiger partial charge in [0.25, 0.3) is 0 Å². The molecule has 3 nitrogen and oxygen atoms in total. The zero-order valence-electron chi connectivity index (χ0n) is 23.8. The SMILES string of the molecule is c1ccc(-c2ccc(-c3cc(-c4cccc5c4oc4ccccc45)nc(-n4c5ccccc5c5ccccc54)c3)cc2)cc1. The molecule has 0 saturated carbocycles. The van der Waals surface area contributed by atoms with Crippen LogP contribution in [-0.2, 0) is 0 Å². The number of nitrogens with zero attached hydrogens (tertiary/aromatic N) is 2. The molecule has 0 bridgehead atoms. The van der Waals surface area contributed by atoms with Crippen molar-refractivity contribution in [3.05, 3.63) is 158 Å². The molecule has 0 atom stereocenters. The van der Waals surface area contributed by atoms with E-state index in [-0.39, 0.29) is 0 Å². The van der Waals surface area contributed by atoms with Crippen LogP contribution in [0.25, 0.3) is 83.1 Å². The van der Waals surface area contributed by atoms with Crippen LogP contribution in [0, 0.1) is 0 Å². The van der Waals surface area contributed by atoms with Gasteiger partial charge in [-0.1, -0.05) is 121 Å². The maximum absolute atomic E-state index is 6.47. The minimum Gasteiger partial charge on any atom is -0.455 e. The predicted molar refractivity (Wildman–Crippen MR) is 182 cm³/mol. The molecule has 44 heavy (non-hydrogen) atoms. The number of hydrogen-bond donors (Lipinski definition) is 0. The highest BCUT2D eigenvalue weighted by molar-refractivity contribution is 6.10. The average Bonchev–Trinajstić information content (AvgIpc) is 3.65. The minimum absolute atomic E-state index is 0.853. The van der Waals surface area contributed by atoms with Crippen LogP contribution in [0.1, 0.15) is 0 Å². The Morgan fingerprint density at radius 1 is 0.432 bits per heavy atom. The van der Waals surface area contributed by atoms with Gasteiger partial charge in [-0.3, -0.25) is 4.57 Å². The summed E-state index contributed by atoms with van der Waals surface area (Å²) in [6.07, 6.45) is 0. The van der Waals surface area contributed by atoms with Gasteiger partial charge in [-0.25, -0.2) is 4.98 Å². The Hall–Kier alpha value is -5.93. The largest absolute Gasteiger partial charge is 0.455 e. The zero-order valence-corrected chi connectivity index (χ0v) is 23.8. The number of hydrogen-bond acceptors (Lipinski definition) is 2. The van der Waals surface area contributed by atoms with Crippen LogP contribution >= 0.6 is 0 Å². The van der Waals surface area contributed by atoms with E-state index in [1.165, 1.54) is 21.9 Å². The third-order valence-corrected chi connectivity index (χ3v) is 8.63. The fraction of sp³-hybridized carbons (Fsp3) is 0. The van der Waals surface area contributed by atoms with E-state index in [0.717, 1.165) is 61.2 Å². The molecule has 6 aromatic carbocycles. The lowest BCUT2D eigenvalue weighted by molar-refractivity contribution is 0.670. The molecule has 0 unspecified atom stereocenters. The van der Waals surface area contributed by atoms with Crippen LogP contribution in [-0.4, -0.2) is 9.55 Å². The average molecular weight is 563 g/mol. The van der Waals surface area contributed by atoms with Crippen LogP contribution in [0.2, 0.25) is 0 Å². The first-order valence-electron chi connectivity index (χ1n) is 14.9. The van der Waals surface area contributed by atoms with E-state index in [0.29, 0.717) is 0 Å². The highest BCUT2D eigenvalue weighted by Crippen LogP contribution is 2.38. The van der Waals surface area contributed by atoms with Gasteiger partial charge < -0.3 is 4.42 Å². The molecule has 0 aliphatic carbocycles. The van der Waals surface area contributed by atoms with Crippen LogP contribution < -0.4 is 0 Å². The molecule has 9 rings (SSSR count). The van der Waals surface area contributed by atoms with Crippen molar-refractivity contribution in [1.82, 2.24) is 9.55 Å². The summed E-state index contributed by atoms with van der Waals surface area (Å²) in [6, 6.07) is 55.4. The summed E-state index contributed by atoms with van der Waals surface area (Å²) in [6.45, 7) is 0. The van der Waals surface area contributed by atoms with Gasteiger partial charge in [0.2, 0.25) is 0 Å². The maximum atomic E-state index is 6.47. The molecule has 206 valence electrons. The molecule has 0 aliphatic rings. The van der Waals surface area contributed by atoms with E-state index >= 15 is 0 Å². The fourth-order valence-electron chi connectivity index (χ4n) is 6.54. The molecule has 0 saturated heterocycles. The molecule has 0 amide bonds. The normalized spacial score (nSPS) is 11.6. The predicted octanol–water partition coefficient (Wildman–Crippen LogP) is 11.1. The van der Waals surface area contributed by atoms with E-state index in [1.807, 2.05) is 12.1 Å². The first kappa shape index (κ1) is 24.6. The second kappa shape index (κ2) is 9.82. The molecular weight excluding hydrogens is 536 g/mol. The van der Waals surface area contributed by atoms with Crippen molar-refractivity contribution in [2.45, 2.75) is 0 Å². The second-order valence-corrected chi connectivity index (χ2v) is 11.2. The standard InChI is InChI=1S/C41H26N2O/c1-2-11-27(12-3-1)28-21-23-29(24-22-28)30-25-36(35-17-10-16-34-33-15-6-9-20-39(33)44-41(34)35)42-40(26-30)43-37-18-7-4-13-31(37)32-14-5-8-19-38(32)43/h1-26H. The summed E-state index contributed by atoms with van der Waals surface area (Å²) in [5.41, 5.74) is 10.5. The summed E-state index contributed by atoms with van der Waals surface area (Å²) < 4.78 is 8.76. The number of fused-ring (bicyclic) bond motifs is 6. The van der Waals surface area contributed by atoms with Crippen LogP contribution in [0.4, 0.5) is 0 Å². The first-order valence-corrected chi connectivity index (χ1v) is 14.9. The molecule has 0 radical (unpaired) electrons. The van der Waals surface area contributed by atoms with Gasteiger partial charge in [0.15, 0.2) is 0 Å². The molecule has 0 spiro atoms. The van der Waals surface area contributed by atoms with Gasteiger partial charge in [0.05, 0.1) is 16.7 Å². The molecule has 3 heterocycles. The number of rotatable bonds is 4. The first-order chi connectivity index (χ1) is 21.8. The third kappa shape index (κ3) is 3.87. The van der Waals surface area contributed by atoms with Crippen molar-refractivity contribution < 1.29 is 4.42 Å². The number of pyridine rings is 1. The molecule has 0 fully saturated rings. The zero-order chi connectivity index (χ0) is 29.0. The van der Waals surface area contributed by atoms with Crippen molar-refractivity contribution in [1.29, 1.82) is 0 Å². The van der Waals surface area contributed by atoms with Gasteiger partial charge in [-0.15, -0.1) is 0 Å². The molecule has 3 heteroatoms. The lowest BCUT2D eigenvalue weighted by Gasteiger charge is -2.13. The fourth-order valence-corrected chi connectivity index (χ4v) is 6.54. The molecular formula is C41H26N2O. The van der Waals surface area contributed by atoms with Crippen molar-refractivity contribution in [2.24, 2.45) is 0 Å². The summed E-state index contributed by atoms with van der Waals surface area (Å²) in [5, 5.41) is 4.63. The number of para-hydroxylation sites is 4. The lowest BCUT2D eigenvalue weighted by Crippen LogP contribution is -2.00. The van der Waals surface area contributed by atoms with Gasteiger partial charge in [0, 0.05) is 27.1 Å². The van der Waals surface area contributed by atoms with Gasteiger partial charge >= 0.3 is 0 Å². The smallest absolute Gasteiger partial charge is 0.144 e. The highest BCUT2D eigenvalue weighted by Gasteiger charge is 2.18. The molecule has 0 N–H and O–H groups in total. The van der Waals surface area contributed by atoms with E-state index in [2.05, 4.69) is 150 Å². The third-order valence-electron chi connectivity index (χ3n) is 8.63. The summed E-state index contributed by atoms with van der Waals surface area (Å²) in [4.78, 5) is 5.36. The Morgan fingerprint density at radius 2 is 1.00 bits per heavy atom. The van der Waals surface area contributed by atoms with Crippen LogP contribution in [0.15, 0.2) is 162 Å². The number of aromatic nitrogens is 2. The van der Waals surface area contributed by atoms with Crippen LogP contribution in [0.3, 0.4) is 0 Å². The molecule has 0 aliphatic heterocycles. The van der Waals surface area contributed by atoms with Crippen molar-refractivity contribution in [2.75, 3.05) is 0 Å². The van der Waals surface area contributed by atoms with E-state index < -0.39 is 0 Å². The highest BCUT2D eigenvalue weighted by atomic mass is 16.3. The maximum Gasteiger partial charge on any atom is 0.144 e. The quantitative estimate of drug-likeness (QED) is 0.214.